The van der Waals surface area contributed by atoms with Gasteiger partial charge in [-0.15, -0.1) is 5.73 Å². The molecule has 0 saturated heterocycles. The lowest BCUT2D eigenvalue weighted by Gasteiger charge is -2.35. The summed E-state index contributed by atoms with van der Waals surface area (Å²) in [7, 11) is 0. The minimum atomic E-state index is -0.674. The normalized spacial score (nSPS) is 16.7. The standard InChI is InChI=1S/C23H27FN6O/c1-5-19(23(3,4)20-9-10-27-22(29-20)30-21(31)6-2)28-17-8-7-15(13-16(17)24)18-14-25-11-12-26-18/h7-14,21-22,28-31H,1,6H2,2-4H3. The Balaban J connectivity index is 1.78. The van der Waals surface area contributed by atoms with Crippen molar-refractivity contribution in [2.75, 3.05) is 5.32 Å². The van der Waals surface area contributed by atoms with Gasteiger partial charge in [0, 0.05) is 29.9 Å². The molecule has 0 bridgehead atoms. The van der Waals surface area contributed by atoms with Crippen LogP contribution in [-0.2, 0) is 0 Å². The number of aliphatic imine (C=N–C) groups is 1. The lowest BCUT2D eigenvalue weighted by atomic mass is 9.84. The molecular formula is C23H27FN6O. The van der Waals surface area contributed by atoms with Crippen molar-refractivity contribution < 1.29 is 9.50 Å². The van der Waals surface area contributed by atoms with Gasteiger partial charge in [0.05, 0.1) is 28.7 Å². The average molecular weight is 423 g/mol. The second-order valence-corrected chi connectivity index (χ2v) is 7.60. The van der Waals surface area contributed by atoms with E-state index in [1.54, 1.807) is 36.9 Å². The molecular weight excluding hydrogens is 395 g/mol. The highest BCUT2D eigenvalue weighted by Crippen LogP contribution is 2.35. The van der Waals surface area contributed by atoms with Crippen molar-refractivity contribution >= 4 is 11.9 Å². The van der Waals surface area contributed by atoms with E-state index in [1.165, 1.54) is 6.07 Å². The Morgan fingerprint density at radius 3 is 2.84 bits per heavy atom. The molecule has 0 amide bonds. The Bertz CT molecular complexity index is 1030. The maximum atomic E-state index is 14.8. The Kier molecular flexibility index (Phi) is 6.97. The van der Waals surface area contributed by atoms with Gasteiger partial charge in [-0.2, -0.15) is 0 Å². The van der Waals surface area contributed by atoms with Gasteiger partial charge in [-0.3, -0.25) is 20.3 Å². The third-order valence-electron chi connectivity index (χ3n) is 5.07. The summed E-state index contributed by atoms with van der Waals surface area (Å²) in [6, 6.07) is 4.84. The number of anilines is 1. The largest absolute Gasteiger partial charge is 0.379 e. The number of benzene rings is 1. The van der Waals surface area contributed by atoms with Crippen molar-refractivity contribution in [3.05, 3.63) is 72.4 Å². The lowest BCUT2D eigenvalue weighted by Crippen LogP contribution is -2.49. The van der Waals surface area contributed by atoms with Crippen LogP contribution in [0.2, 0.25) is 0 Å². The number of nitrogens with one attached hydrogen (secondary N) is 3. The molecule has 1 aromatic heterocycles. The first-order valence-corrected chi connectivity index (χ1v) is 10.0. The van der Waals surface area contributed by atoms with Gasteiger partial charge in [0.25, 0.3) is 0 Å². The minimum Gasteiger partial charge on any atom is -0.379 e. The highest BCUT2D eigenvalue weighted by molar-refractivity contribution is 5.74. The van der Waals surface area contributed by atoms with E-state index >= 15 is 0 Å². The van der Waals surface area contributed by atoms with Crippen LogP contribution in [0.1, 0.15) is 27.2 Å². The summed E-state index contributed by atoms with van der Waals surface area (Å²) in [4.78, 5) is 12.5. The summed E-state index contributed by atoms with van der Waals surface area (Å²) in [6.45, 7) is 9.58. The SMILES string of the molecule is C=C=C(Nc1ccc(-c2cnccn2)cc1F)C(C)(C)C1=CC=NC(NC(O)CC)N1. The van der Waals surface area contributed by atoms with Crippen molar-refractivity contribution in [3.8, 4) is 11.3 Å². The van der Waals surface area contributed by atoms with Crippen LogP contribution in [0.5, 0.6) is 0 Å². The zero-order valence-corrected chi connectivity index (χ0v) is 17.9. The van der Waals surface area contributed by atoms with Gasteiger partial charge in [-0.1, -0.05) is 19.6 Å². The van der Waals surface area contributed by atoms with Gasteiger partial charge in [0.1, 0.15) is 12.0 Å². The van der Waals surface area contributed by atoms with Crippen LogP contribution in [0.3, 0.4) is 0 Å². The molecule has 0 radical (unpaired) electrons. The van der Waals surface area contributed by atoms with E-state index < -0.39 is 23.7 Å². The van der Waals surface area contributed by atoms with E-state index in [0.29, 0.717) is 29.1 Å². The summed E-state index contributed by atoms with van der Waals surface area (Å²) in [5, 5.41) is 19.2. The lowest BCUT2D eigenvalue weighted by molar-refractivity contribution is 0.113. The van der Waals surface area contributed by atoms with Crippen molar-refractivity contribution in [2.45, 2.75) is 39.7 Å². The molecule has 2 heterocycles. The van der Waals surface area contributed by atoms with Crippen molar-refractivity contribution in [1.29, 1.82) is 0 Å². The molecule has 8 heteroatoms. The number of aliphatic hydroxyl groups is 1. The fraction of sp³-hybridized carbons (Fsp3) is 0.304. The highest BCUT2D eigenvalue weighted by Gasteiger charge is 2.31. The second kappa shape index (κ2) is 9.66. The van der Waals surface area contributed by atoms with Gasteiger partial charge in [0.15, 0.2) is 6.29 Å². The van der Waals surface area contributed by atoms with E-state index in [9.17, 15) is 9.50 Å². The van der Waals surface area contributed by atoms with Crippen LogP contribution in [0.15, 0.2) is 71.6 Å². The quantitative estimate of drug-likeness (QED) is 0.384. The van der Waals surface area contributed by atoms with E-state index in [0.717, 1.165) is 5.70 Å². The Hall–Kier alpha value is -3.32. The summed E-state index contributed by atoms with van der Waals surface area (Å²) in [6.07, 6.45) is 7.64. The maximum absolute atomic E-state index is 14.8. The molecule has 0 spiro atoms. The molecule has 162 valence electrons. The van der Waals surface area contributed by atoms with Crippen LogP contribution >= 0.6 is 0 Å². The molecule has 2 atom stereocenters. The van der Waals surface area contributed by atoms with Crippen LogP contribution in [0.25, 0.3) is 11.3 Å². The second-order valence-electron chi connectivity index (χ2n) is 7.60. The Morgan fingerprint density at radius 1 is 1.39 bits per heavy atom. The molecule has 2 aromatic rings. The first kappa shape index (κ1) is 22.4. The van der Waals surface area contributed by atoms with Crippen molar-refractivity contribution in [2.24, 2.45) is 10.4 Å². The Morgan fingerprint density at radius 2 is 2.19 bits per heavy atom. The van der Waals surface area contributed by atoms with Crippen LogP contribution < -0.4 is 16.0 Å². The summed E-state index contributed by atoms with van der Waals surface area (Å²) in [5.74, 6) is -0.426. The third-order valence-corrected chi connectivity index (χ3v) is 5.07. The van der Waals surface area contributed by atoms with Gasteiger partial charge in [-0.05, 0) is 38.5 Å². The molecule has 0 aliphatic carbocycles. The maximum Gasteiger partial charge on any atom is 0.175 e. The number of nitrogens with zero attached hydrogens (tertiary/aromatic N) is 3. The molecule has 1 aliphatic heterocycles. The van der Waals surface area contributed by atoms with Crippen LogP contribution in [0.4, 0.5) is 10.1 Å². The molecule has 3 rings (SSSR count). The zero-order chi connectivity index (χ0) is 22.4. The topological polar surface area (TPSA) is 94.5 Å². The van der Waals surface area contributed by atoms with E-state index in [2.05, 4.69) is 43.2 Å². The fourth-order valence-electron chi connectivity index (χ4n) is 3.12. The molecule has 0 fully saturated rings. The number of aromatic nitrogens is 2. The third kappa shape index (κ3) is 5.24. The summed E-state index contributed by atoms with van der Waals surface area (Å²) in [5.41, 5.74) is 5.22. The van der Waals surface area contributed by atoms with Gasteiger partial charge < -0.3 is 15.7 Å². The number of aliphatic hydroxyl groups excluding tert-OH is 1. The van der Waals surface area contributed by atoms with Gasteiger partial charge >= 0.3 is 0 Å². The first-order valence-electron chi connectivity index (χ1n) is 10.0. The molecule has 4 N–H and O–H groups in total. The number of hydrogen-bond donors (Lipinski definition) is 4. The zero-order valence-electron chi connectivity index (χ0n) is 17.9. The van der Waals surface area contributed by atoms with E-state index in [-0.39, 0.29) is 0 Å². The monoisotopic (exact) mass is 422 g/mol. The summed E-state index contributed by atoms with van der Waals surface area (Å²) < 4.78 is 14.8. The predicted octanol–water partition coefficient (Wildman–Crippen LogP) is 3.55. The molecule has 7 nitrogen and oxygen atoms in total. The predicted molar refractivity (Wildman–Crippen MR) is 120 cm³/mol. The average Bonchev–Trinajstić information content (AvgIpc) is 2.78. The van der Waals surface area contributed by atoms with Crippen LogP contribution in [-0.4, -0.2) is 33.8 Å². The molecule has 0 saturated carbocycles. The molecule has 1 aromatic carbocycles. The molecule has 1 aliphatic rings. The van der Waals surface area contributed by atoms with E-state index in [1.807, 2.05) is 26.8 Å². The smallest absolute Gasteiger partial charge is 0.175 e. The van der Waals surface area contributed by atoms with E-state index in [4.69, 9.17) is 0 Å². The minimum absolute atomic E-state index is 0.299. The number of halogens is 1. The number of allylic oxidation sites excluding steroid dienone is 1. The van der Waals surface area contributed by atoms with Gasteiger partial charge in [-0.25, -0.2) is 4.39 Å². The Labute approximate surface area is 181 Å². The van der Waals surface area contributed by atoms with Crippen LogP contribution in [0, 0.1) is 11.2 Å². The molecule has 2 unspecified atom stereocenters. The number of hydrogen-bond acceptors (Lipinski definition) is 7. The fourth-order valence-corrected chi connectivity index (χ4v) is 3.12. The van der Waals surface area contributed by atoms with Gasteiger partial charge in [0.2, 0.25) is 0 Å². The van der Waals surface area contributed by atoms with Crippen molar-refractivity contribution in [3.63, 3.8) is 0 Å². The highest BCUT2D eigenvalue weighted by atomic mass is 19.1. The number of rotatable bonds is 8. The first-order chi connectivity index (χ1) is 14.8. The summed E-state index contributed by atoms with van der Waals surface area (Å²) >= 11 is 0. The van der Waals surface area contributed by atoms with Crippen molar-refractivity contribution in [1.82, 2.24) is 20.6 Å². The molecule has 31 heavy (non-hydrogen) atoms.